The van der Waals surface area contributed by atoms with Crippen molar-refractivity contribution in [2.75, 3.05) is 13.7 Å². The van der Waals surface area contributed by atoms with Crippen LogP contribution in [0.4, 0.5) is 0 Å². The van der Waals surface area contributed by atoms with Gasteiger partial charge in [0.15, 0.2) is 0 Å². The molecule has 3 nitrogen and oxygen atoms in total. The van der Waals surface area contributed by atoms with E-state index in [9.17, 15) is 4.79 Å². The van der Waals surface area contributed by atoms with Crippen LogP contribution in [0.3, 0.4) is 0 Å². The largest absolute Gasteiger partial charge is 0.469 e. The topological polar surface area (TPSA) is 38.3 Å². The molecular weight excluding hydrogens is 273 g/mol. The van der Waals surface area contributed by atoms with Crippen molar-refractivity contribution in [2.45, 2.75) is 25.8 Å². The van der Waals surface area contributed by atoms with E-state index in [0.717, 1.165) is 18.5 Å². The normalized spacial score (nSPS) is 12.2. The van der Waals surface area contributed by atoms with Crippen LogP contribution in [0.15, 0.2) is 18.2 Å². The lowest BCUT2D eigenvalue weighted by atomic mass is 10.1. The maximum absolute atomic E-state index is 11.0. The molecule has 0 heterocycles. The molecule has 1 unspecified atom stereocenters. The first-order valence-electron chi connectivity index (χ1n) is 5.77. The van der Waals surface area contributed by atoms with Crippen molar-refractivity contribution in [3.8, 4) is 0 Å². The monoisotopic (exact) mass is 289 g/mol. The van der Waals surface area contributed by atoms with Gasteiger partial charge in [-0.05, 0) is 37.6 Å². The summed E-state index contributed by atoms with van der Waals surface area (Å²) in [6.45, 7) is 2.69. The van der Waals surface area contributed by atoms with Crippen LogP contribution in [0.2, 0.25) is 10.0 Å². The van der Waals surface area contributed by atoms with Crippen molar-refractivity contribution in [3.05, 3.63) is 33.8 Å². The molecule has 0 fully saturated rings. The number of rotatable bonds is 6. The van der Waals surface area contributed by atoms with E-state index in [1.54, 1.807) is 6.07 Å². The van der Waals surface area contributed by atoms with Gasteiger partial charge in [0.1, 0.15) is 0 Å². The van der Waals surface area contributed by atoms with Gasteiger partial charge in [0.25, 0.3) is 0 Å². The summed E-state index contributed by atoms with van der Waals surface area (Å²) in [6, 6.07) is 5.55. The Hall–Kier alpha value is -0.770. The highest BCUT2D eigenvalue weighted by Gasteiger charge is 2.08. The summed E-state index contributed by atoms with van der Waals surface area (Å²) in [5.41, 5.74) is 1.04. The molecule has 5 heteroatoms. The molecule has 1 aromatic rings. The molecule has 0 saturated heterocycles. The predicted molar refractivity (Wildman–Crippen MR) is 74.3 cm³/mol. The minimum Gasteiger partial charge on any atom is -0.469 e. The first-order valence-corrected chi connectivity index (χ1v) is 6.52. The summed E-state index contributed by atoms with van der Waals surface area (Å²) >= 11 is 11.9. The molecule has 1 atom stereocenters. The summed E-state index contributed by atoms with van der Waals surface area (Å²) in [7, 11) is 1.39. The summed E-state index contributed by atoms with van der Waals surface area (Å²) in [6.07, 6.45) is 1.16. The van der Waals surface area contributed by atoms with E-state index in [-0.39, 0.29) is 12.0 Å². The van der Waals surface area contributed by atoms with Gasteiger partial charge in [0.05, 0.1) is 13.5 Å². The number of carbonyl (C=O) groups excluding carboxylic acids is 1. The SMILES string of the molecule is COC(=O)CC(C)NCCc1ccc(Cl)cc1Cl. The summed E-state index contributed by atoms with van der Waals surface area (Å²) in [5, 5.41) is 4.55. The Bertz CT molecular complexity index is 410. The Morgan fingerprint density at radius 3 is 2.78 bits per heavy atom. The number of hydrogen-bond donors (Lipinski definition) is 1. The molecular formula is C13H17Cl2NO2. The molecule has 0 spiro atoms. The van der Waals surface area contributed by atoms with E-state index in [2.05, 4.69) is 10.1 Å². The fourth-order valence-electron chi connectivity index (χ4n) is 1.58. The molecule has 0 aliphatic rings. The van der Waals surface area contributed by atoms with Crippen molar-refractivity contribution in [1.82, 2.24) is 5.32 Å². The van der Waals surface area contributed by atoms with Gasteiger partial charge in [-0.25, -0.2) is 0 Å². The average molecular weight is 290 g/mol. The molecule has 1 N–H and O–H groups in total. The zero-order chi connectivity index (χ0) is 13.5. The summed E-state index contributed by atoms with van der Waals surface area (Å²) in [5.74, 6) is -0.209. The number of hydrogen-bond acceptors (Lipinski definition) is 3. The van der Waals surface area contributed by atoms with Crippen LogP contribution in [0.5, 0.6) is 0 Å². The molecule has 0 amide bonds. The number of ether oxygens (including phenoxy) is 1. The van der Waals surface area contributed by atoms with Gasteiger partial charge < -0.3 is 10.1 Å². The third kappa shape index (κ3) is 5.25. The fourth-order valence-corrected chi connectivity index (χ4v) is 2.09. The van der Waals surface area contributed by atoms with Crippen LogP contribution < -0.4 is 5.32 Å². The zero-order valence-electron chi connectivity index (χ0n) is 10.5. The van der Waals surface area contributed by atoms with Crippen LogP contribution in [0.1, 0.15) is 18.9 Å². The van der Waals surface area contributed by atoms with Gasteiger partial charge in [0.2, 0.25) is 0 Å². The van der Waals surface area contributed by atoms with Gasteiger partial charge in [0, 0.05) is 16.1 Å². The second-order valence-corrected chi connectivity index (χ2v) is 4.96. The minimum atomic E-state index is -0.209. The number of nitrogens with one attached hydrogen (secondary N) is 1. The molecule has 18 heavy (non-hydrogen) atoms. The van der Waals surface area contributed by atoms with Gasteiger partial charge >= 0.3 is 5.97 Å². The second kappa shape index (κ2) is 7.62. The van der Waals surface area contributed by atoms with Crippen molar-refractivity contribution in [3.63, 3.8) is 0 Å². The molecule has 0 aromatic heterocycles. The van der Waals surface area contributed by atoms with Crippen molar-refractivity contribution in [2.24, 2.45) is 0 Å². The zero-order valence-corrected chi connectivity index (χ0v) is 12.0. The predicted octanol–water partition coefficient (Wildman–Crippen LogP) is 3.08. The number of benzene rings is 1. The highest BCUT2D eigenvalue weighted by molar-refractivity contribution is 6.35. The van der Waals surface area contributed by atoms with Crippen LogP contribution in [-0.4, -0.2) is 25.7 Å². The smallest absolute Gasteiger partial charge is 0.307 e. The van der Waals surface area contributed by atoms with E-state index in [0.29, 0.717) is 16.5 Å². The van der Waals surface area contributed by atoms with Crippen LogP contribution in [0.25, 0.3) is 0 Å². The van der Waals surface area contributed by atoms with E-state index in [1.165, 1.54) is 7.11 Å². The van der Waals surface area contributed by atoms with Crippen molar-refractivity contribution in [1.29, 1.82) is 0 Å². The van der Waals surface area contributed by atoms with Gasteiger partial charge in [-0.2, -0.15) is 0 Å². The molecule has 1 aromatic carbocycles. The highest BCUT2D eigenvalue weighted by atomic mass is 35.5. The lowest BCUT2D eigenvalue weighted by molar-refractivity contribution is -0.141. The molecule has 0 bridgehead atoms. The van der Waals surface area contributed by atoms with E-state index in [4.69, 9.17) is 23.2 Å². The maximum atomic E-state index is 11.0. The second-order valence-electron chi connectivity index (χ2n) is 4.12. The molecule has 0 aliphatic heterocycles. The molecule has 0 saturated carbocycles. The standard InChI is InChI=1S/C13H17Cl2NO2/c1-9(7-13(17)18-2)16-6-5-10-3-4-11(14)8-12(10)15/h3-4,8-9,16H,5-7H2,1-2H3. The van der Waals surface area contributed by atoms with E-state index in [1.807, 2.05) is 19.1 Å². The van der Waals surface area contributed by atoms with Crippen LogP contribution in [-0.2, 0) is 16.0 Å². The Labute approximate surface area is 117 Å². The Morgan fingerprint density at radius 1 is 1.44 bits per heavy atom. The van der Waals surface area contributed by atoms with Gasteiger partial charge in [-0.15, -0.1) is 0 Å². The maximum Gasteiger partial charge on any atom is 0.307 e. The number of halogens is 2. The van der Waals surface area contributed by atoms with Gasteiger partial charge in [-0.1, -0.05) is 29.3 Å². The Kier molecular flexibility index (Phi) is 6.47. The Balaban J connectivity index is 2.35. The minimum absolute atomic E-state index is 0.0866. The van der Waals surface area contributed by atoms with Crippen molar-refractivity contribution < 1.29 is 9.53 Å². The average Bonchev–Trinajstić information content (AvgIpc) is 2.31. The first kappa shape index (κ1) is 15.3. The van der Waals surface area contributed by atoms with E-state index >= 15 is 0 Å². The number of methoxy groups -OCH3 is 1. The third-order valence-corrected chi connectivity index (χ3v) is 3.19. The first-order chi connectivity index (χ1) is 8.52. The summed E-state index contributed by atoms with van der Waals surface area (Å²) in [4.78, 5) is 11.0. The Morgan fingerprint density at radius 2 is 2.17 bits per heavy atom. The molecule has 0 aliphatic carbocycles. The van der Waals surface area contributed by atoms with Crippen LogP contribution >= 0.6 is 23.2 Å². The molecule has 1 rings (SSSR count). The third-order valence-electron chi connectivity index (χ3n) is 2.60. The lowest BCUT2D eigenvalue weighted by Gasteiger charge is -2.12. The number of esters is 1. The summed E-state index contributed by atoms with van der Waals surface area (Å²) < 4.78 is 4.60. The highest BCUT2D eigenvalue weighted by Crippen LogP contribution is 2.21. The van der Waals surface area contributed by atoms with Crippen molar-refractivity contribution >= 4 is 29.2 Å². The van der Waals surface area contributed by atoms with Gasteiger partial charge in [-0.3, -0.25) is 4.79 Å². The quantitative estimate of drug-likeness (QED) is 0.818. The molecule has 100 valence electrons. The fraction of sp³-hybridized carbons (Fsp3) is 0.462. The van der Waals surface area contributed by atoms with Crippen LogP contribution in [0, 0.1) is 0 Å². The lowest BCUT2D eigenvalue weighted by Crippen LogP contribution is -2.30. The van der Waals surface area contributed by atoms with E-state index < -0.39 is 0 Å². The number of carbonyl (C=O) groups is 1. The molecule has 0 radical (unpaired) electrons.